The van der Waals surface area contributed by atoms with Crippen LogP contribution in [0, 0.1) is 0 Å². The van der Waals surface area contributed by atoms with E-state index in [0.717, 1.165) is 7.11 Å². The van der Waals surface area contributed by atoms with E-state index in [0.29, 0.717) is 4.31 Å². The van der Waals surface area contributed by atoms with Gasteiger partial charge in [0.25, 0.3) is 6.43 Å². The summed E-state index contributed by atoms with van der Waals surface area (Å²) in [6, 6.07) is 0. The first kappa shape index (κ1) is 15.3. The zero-order valence-corrected chi connectivity index (χ0v) is 9.89. The number of nitrogens with zero attached hydrogens (tertiary/aromatic N) is 1. The molecule has 0 aromatic carbocycles. The highest BCUT2D eigenvalue weighted by Crippen LogP contribution is 2.04. The lowest BCUT2D eigenvalue weighted by molar-refractivity contribution is 0.120. The van der Waals surface area contributed by atoms with Crippen molar-refractivity contribution < 1.29 is 26.7 Å². The summed E-state index contributed by atoms with van der Waals surface area (Å²) in [6.45, 7) is -1.38. The molecule has 10 heteroatoms. The predicted molar refractivity (Wildman–Crippen MR) is 52.8 cm³/mol. The highest BCUT2D eigenvalue weighted by molar-refractivity contribution is 7.87. The van der Waals surface area contributed by atoms with Gasteiger partial charge in [0.15, 0.2) is 0 Å². The Labute approximate surface area is 96.7 Å². The quantitative estimate of drug-likeness (QED) is 0.714. The van der Waals surface area contributed by atoms with Gasteiger partial charge in [0.2, 0.25) is 0 Å². The molecule has 0 aromatic rings. The third kappa shape index (κ3) is 5.42. The lowest BCUT2D eigenvalue weighted by Gasteiger charge is -2.20. The molecule has 0 rings (SSSR count). The van der Waals surface area contributed by atoms with Gasteiger partial charge in [0, 0.05) is 12.4 Å². The summed E-state index contributed by atoms with van der Waals surface area (Å²) < 4.78 is 52.7. The van der Waals surface area contributed by atoms with Crippen molar-refractivity contribution >= 4 is 27.9 Å². The van der Waals surface area contributed by atoms with E-state index in [1.807, 2.05) is 0 Å². The maximum absolute atomic E-state index is 12.1. The van der Waals surface area contributed by atoms with Crippen molar-refractivity contribution in [1.29, 1.82) is 0 Å². The second kappa shape index (κ2) is 6.81. The Morgan fingerprint density at radius 1 is 1.56 bits per heavy atom. The molecule has 0 spiro atoms. The number of methoxy groups -OCH3 is 1. The lowest BCUT2D eigenvalue weighted by Crippen LogP contribution is -2.46. The summed E-state index contributed by atoms with van der Waals surface area (Å²) >= 11 is 5.26. The van der Waals surface area contributed by atoms with Gasteiger partial charge in [-0.25, -0.2) is 18.3 Å². The van der Waals surface area contributed by atoms with Gasteiger partial charge in [0.1, 0.15) is 0 Å². The Hall–Kier alpha value is -0.670. The minimum absolute atomic E-state index is 0.172. The zero-order valence-electron chi connectivity index (χ0n) is 8.32. The number of carbonyl (C=O) groups is 1. The van der Waals surface area contributed by atoms with Crippen LogP contribution >= 0.6 is 11.6 Å². The number of nitrogens with one attached hydrogen (secondary N) is 1. The smallest absolute Gasteiger partial charge is 0.421 e. The van der Waals surface area contributed by atoms with Crippen LogP contribution in [0.4, 0.5) is 13.6 Å². The van der Waals surface area contributed by atoms with Gasteiger partial charge >= 0.3 is 16.3 Å². The summed E-state index contributed by atoms with van der Waals surface area (Å²) in [5, 5.41) is 0. The van der Waals surface area contributed by atoms with Crippen LogP contribution < -0.4 is 4.72 Å². The molecule has 16 heavy (non-hydrogen) atoms. The summed E-state index contributed by atoms with van der Waals surface area (Å²) in [6.07, 6.45) is -4.12. The van der Waals surface area contributed by atoms with Crippen LogP contribution in [0.2, 0.25) is 0 Å². The summed E-state index contributed by atoms with van der Waals surface area (Å²) in [7, 11) is -3.40. The molecule has 0 saturated heterocycles. The monoisotopic (exact) mass is 280 g/mol. The fourth-order valence-electron chi connectivity index (χ4n) is 0.769. The standard InChI is InChI=1S/C6H11ClF2N2O4S/c1-15-6(12)10-16(13,14)11(3-2-7)4-5(8)9/h5H,2-4H2,1H3,(H,10,12). The largest absolute Gasteiger partial charge is 0.452 e. The van der Waals surface area contributed by atoms with E-state index in [4.69, 9.17) is 11.6 Å². The van der Waals surface area contributed by atoms with Crippen molar-refractivity contribution in [2.75, 3.05) is 26.1 Å². The Kier molecular flexibility index (Phi) is 6.53. The van der Waals surface area contributed by atoms with Crippen LogP contribution in [0.1, 0.15) is 0 Å². The van der Waals surface area contributed by atoms with E-state index in [1.165, 1.54) is 4.72 Å². The zero-order chi connectivity index (χ0) is 12.8. The summed E-state index contributed by atoms with van der Waals surface area (Å²) in [5.74, 6) is -0.172. The Bertz CT molecular complexity index is 324. The number of rotatable bonds is 6. The SMILES string of the molecule is COC(=O)NS(=O)(=O)N(CCCl)CC(F)F. The third-order valence-electron chi connectivity index (χ3n) is 1.41. The van der Waals surface area contributed by atoms with E-state index >= 15 is 0 Å². The first-order chi connectivity index (χ1) is 7.33. The molecule has 0 unspecified atom stereocenters. The molecule has 96 valence electrons. The molecule has 0 aliphatic rings. The number of alkyl halides is 3. The maximum Gasteiger partial charge on any atom is 0.421 e. The lowest BCUT2D eigenvalue weighted by atomic mass is 10.6. The van der Waals surface area contributed by atoms with Crippen molar-refractivity contribution in [3.63, 3.8) is 0 Å². The number of ether oxygens (including phenoxy) is 1. The molecule has 0 aliphatic carbocycles. The van der Waals surface area contributed by atoms with E-state index in [-0.39, 0.29) is 12.4 Å². The number of carbonyl (C=O) groups excluding carboxylic acids is 1. The molecule has 0 aromatic heterocycles. The Balaban J connectivity index is 4.68. The maximum atomic E-state index is 12.1. The van der Waals surface area contributed by atoms with Gasteiger partial charge in [-0.2, -0.15) is 12.7 Å². The predicted octanol–water partition coefficient (Wildman–Crippen LogP) is 0.393. The molecule has 0 radical (unpaired) electrons. The topological polar surface area (TPSA) is 75.7 Å². The number of hydrogen-bond acceptors (Lipinski definition) is 4. The molecule has 0 bridgehead atoms. The van der Waals surface area contributed by atoms with Crippen LogP contribution in [0.25, 0.3) is 0 Å². The number of amides is 1. The Morgan fingerprint density at radius 2 is 2.12 bits per heavy atom. The third-order valence-corrected chi connectivity index (χ3v) is 3.02. The average Bonchev–Trinajstić information content (AvgIpc) is 2.15. The molecule has 6 nitrogen and oxygen atoms in total. The fourth-order valence-corrected chi connectivity index (χ4v) is 2.14. The van der Waals surface area contributed by atoms with Crippen LogP contribution in [-0.4, -0.2) is 51.3 Å². The van der Waals surface area contributed by atoms with E-state index in [2.05, 4.69) is 4.74 Å². The van der Waals surface area contributed by atoms with Gasteiger partial charge in [-0.15, -0.1) is 11.6 Å². The van der Waals surface area contributed by atoms with E-state index in [1.54, 1.807) is 0 Å². The Morgan fingerprint density at radius 3 is 2.50 bits per heavy atom. The van der Waals surface area contributed by atoms with E-state index in [9.17, 15) is 22.0 Å². The number of halogens is 3. The highest BCUT2D eigenvalue weighted by atomic mass is 35.5. The van der Waals surface area contributed by atoms with Gasteiger partial charge in [-0.3, -0.25) is 0 Å². The molecule has 1 amide bonds. The minimum Gasteiger partial charge on any atom is -0.452 e. The van der Waals surface area contributed by atoms with Crippen LogP contribution in [0.15, 0.2) is 0 Å². The van der Waals surface area contributed by atoms with Gasteiger partial charge in [0.05, 0.1) is 13.7 Å². The summed E-state index contributed by atoms with van der Waals surface area (Å²) in [5.41, 5.74) is 0. The molecular formula is C6H11ClF2N2O4S. The van der Waals surface area contributed by atoms with Crippen molar-refractivity contribution in [1.82, 2.24) is 9.03 Å². The van der Waals surface area contributed by atoms with Gasteiger partial charge in [-0.05, 0) is 0 Å². The second-order valence-corrected chi connectivity index (χ2v) is 4.59. The van der Waals surface area contributed by atoms with Gasteiger partial charge in [-0.1, -0.05) is 0 Å². The summed E-state index contributed by atoms with van der Waals surface area (Å²) in [4.78, 5) is 10.7. The highest BCUT2D eigenvalue weighted by Gasteiger charge is 2.26. The van der Waals surface area contributed by atoms with Crippen molar-refractivity contribution in [2.45, 2.75) is 6.43 Å². The average molecular weight is 281 g/mol. The normalized spacial score (nSPS) is 11.9. The molecule has 0 heterocycles. The number of hydrogen-bond donors (Lipinski definition) is 1. The molecule has 0 aliphatic heterocycles. The fraction of sp³-hybridized carbons (Fsp3) is 0.833. The molecule has 1 N–H and O–H groups in total. The second-order valence-electron chi connectivity index (χ2n) is 2.54. The van der Waals surface area contributed by atoms with Crippen molar-refractivity contribution in [3.05, 3.63) is 0 Å². The van der Waals surface area contributed by atoms with E-state index < -0.39 is 29.3 Å². The van der Waals surface area contributed by atoms with Crippen LogP contribution in [0.5, 0.6) is 0 Å². The molecule has 0 atom stereocenters. The van der Waals surface area contributed by atoms with Crippen LogP contribution in [0.3, 0.4) is 0 Å². The van der Waals surface area contributed by atoms with Crippen LogP contribution in [-0.2, 0) is 14.9 Å². The van der Waals surface area contributed by atoms with Crippen molar-refractivity contribution in [2.24, 2.45) is 0 Å². The molecular weight excluding hydrogens is 270 g/mol. The first-order valence-electron chi connectivity index (χ1n) is 4.03. The first-order valence-corrected chi connectivity index (χ1v) is 6.01. The molecule has 0 saturated carbocycles. The van der Waals surface area contributed by atoms with Gasteiger partial charge < -0.3 is 4.74 Å². The minimum atomic E-state index is -4.35. The molecule has 0 fully saturated rings. The van der Waals surface area contributed by atoms with Crippen molar-refractivity contribution in [3.8, 4) is 0 Å².